The number of hydrogen-bond acceptors (Lipinski definition) is 3. The van der Waals surface area contributed by atoms with Crippen LogP contribution in [0.15, 0.2) is 34.7 Å². The van der Waals surface area contributed by atoms with Gasteiger partial charge in [-0.15, -0.1) is 0 Å². The van der Waals surface area contributed by atoms with E-state index in [2.05, 4.69) is 0 Å². The van der Waals surface area contributed by atoms with Gasteiger partial charge in [-0.25, -0.2) is 4.79 Å². The van der Waals surface area contributed by atoms with Gasteiger partial charge in [0.25, 0.3) is 0 Å². The van der Waals surface area contributed by atoms with Gasteiger partial charge in [0.1, 0.15) is 17.1 Å². The molecule has 22 heavy (non-hydrogen) atoms. The van der Waals surface area contributed by atoms with Crippen molar-refractivity contribution in [2.45, 2.75) is 26.8 Å². The van der Waals surface area contributed by atoms with Crippen LogP contribution in [0.5, 0.6) is 0 Å². The Morgan fingerprint density at radius 1 is 1.18 bits per heavy atom. The summed E-state index contributed by atoms with van der Waals surface area (Å²) < 4.78 is 5.39. The molecule has 1 amide bonds. The number of hydrogen-bond donors (Lipinski definition) is 1. The lowest BCUT2D eigenvalue weighted by Gasteiger charge is -2.15. The molecule has 5 heteroatoms. The third-order valence-electron chi connectivity index (χ3n) is 3.49. The van der Waals surface area contributed by atoms with Crippen LogP contribution in [0.25, 0.3) is 0 Å². The number of benzene rings is 1. The molecule has 0 saturated heterocycles. The Kier molecular flexibility index (Phi) is 4.65. The van der Waals surface area contributed by atoms with E-state index in [1.165, 1.54) is 11.0 Å². The van der Waals surface area contributed by atoms with Gasteiger partial charge in [0.15, 0.2) is 0 Å². The molecular formula is C17H19NO4. The van der Waals surface area contributed by atoms with Crippen molar-refractivity contribution in [3.8, 4) is 0 Å². The van der Waals surface area contributed by atoms with Crippen LogP contribution in [0.1, 0.15) is 33.0 Å². The molecular weight excluding hydrogens is 282 g/mol. The summed E-state index contributed by atoms with van der Waals surface area (Å²) in [4.78, 5) is 24.7. The van der Waals surface area contributed by atoms with Crippen molar-refractivity contribution >= 4 is 11.9 Å². The summed E-state index contributed by atoms with van der Waals surface area (Å²) in [5.41, 5.74) is 2.23. The summed E-state index contributed by atoms with van der Waals surface area (Å²) >= 11 is 0. The van der Waals surface area contributed by atoms with Gasteiger partial charge >= 0.3 is 5.97 Å². The molecule has 0 aliphatic carbocycles. The van der Waals surface area contributed by atoms with E-state index in [1.807, 2.05) is 31.2 Å². The monoisotopic (exact) mass is 301 g/mol. The van der Waals surface area contributed by atoms with E-state index >= 15 is 0 Å². The molecule has 2 rings (SSSR count). The fourth-order valence-electron chi connectivity index (χ4n) is 2.17. The van der Waals surface area contributed by atoms with Gasteiger partial charge in [0.05, 0.1) is 13.0 Å². The zero-order chi connectivity index (χ0) is 16.3. The minimum Gasteiger partial charge on any atom is -0.478 e. The molecule has 1 heterocycles. The topological polar surface area (TPSA) is 70.8 Å². The van der Waals surface area contributed by atoms with Crippen LogP contribution >= 0.6 is 0 Å². The third kappa shape index (κ3) is 3.75. The molecule has 0 aliphatic heterocycles. The lowest BCUT2D eigenvalue weighted by Crippen LogP contribution is -2.27. The number of carboxylic acid groups (broad SMARTS) is 1. The number of aryl methyl sites for hydroxylation is 2. The fourth-order valence-corrected chi connectivity index (χ4v) is 2.17. The number of aromatic carboxylic acids is 1. The van der Waals surface area contributed by atoms with Crippen LogP contribution in [-0.4, -0.2) is 28.9 Å². The molecule has 0 radical (unpaired) electrons. The molecule has 5 nitrogen and oxygen atoms in total. The van der Waals surface area contributed by atoms with Crippen molar-refractivity contribution in [2.75, 3.05) is 7.05 Å². The number of rotatable bonds is 5. The quantitative estimate of drug-likeness (QED) is 0.922. The lowest BCUT2D eigenvalue weighted by molar-refractivity contribution is -0.129. The molecule has 1 N–H and O–H groups in total. The Hall–Kier alpha value is -2.56. The third-order valence-corrected chi connectivity index (χ3v) is 3.49. The predicted octanol–water partition coefficient (Wildman–Crippen LogP) is 2.80. The Labute approximate surface area is 129 Å². The van der Waals surface area contributed by atoms with Crippen molar-refractivity contribution in [3.63, 3.8) is 0 Å². The summed E-state index contributed by atoms with van der Waals surface area (Å²) in [6, 6.07) is 9.27. The molecule has 116 valence electrons. The largest absolute Gasteiger partial charge is 0.478 e. The first kappa shape index (κ1) is 15.8. The van der Waals surface area contributed by atoms with E-state index in [1.54, 1.807) is 14.0 Å². The maximum Gasteiger partial charge on any atom is 0.339 e. The molecule has 0 unspecified atom stereocenters. The molecule has 0 bridgehead atoms. The van der Waals surface area contributed by atoms with Gasteiger partial charge < -0.3 is 14.4 Å². The fraction of sp³-hybridized carbons (Fsp3) is 0.294. The first-order valence-electron chi connectivity index (χ1n) is 6.99. The van der Waals surface area contributed by atoms with Crippen molar-refractivity contribution < 1.29 is 19.1 Å². The Morgan fingerprint density at radius 3 is 2.36 bits per heavy atom. The molecule has 0 aliphatic rings. The number of likely N-dealkylation sites (N-methyl/N-ethyl adjacent to an activating group) is 1. The maximum atomic E-state index is 12.2. The molecule has 1 aromatic heterocycles. The van der Waals surface area contributed by atoms with Gasteiger partial charge in [-0.1, -0.05) is 29.8 Å². The highest BCUT2D eigenvalue weighted by Crippen LogP contribution is 2.16. The second-order valence-corrected chi connectivity index (χ2v) is 5.40. The van der Waals surface area contributed by atoms with Gasteiger partial charge in [0, 0.05) is 7.05 Å². The normalized spacial score (nSPS) is 10.5. The number of nitrogens with zero attached hydrogens (tertiary/aromatic N) is 1. The van der Waals surface area contributed by atoms with Crippen molar-refractivity contribution in [1.29, 1.82) is 0 Å². The minimum absolute atomic E-state index is 0.0465. The SMILES string of the molecule is Cc1ccc(CC(=O)N(C)Cc2cc(C(=O)O)c(C)o2)cc1. The molecule has 0 fully saturated rings. The lowest BCUT2D eigenvalue weighted by atomic mass is 10.1. The van der Waals surface area contributed by atoms with Crippen LogP contribution < -0.4 is 0 Å². The molecule has 0 atom stereocenters. The number of carboxylic acids is 1. The Bertz CT molecular complexity index is 685. The average molecular weight is 301 g/mol. The first-order valence-corrected chi connectivity index (χ1v) is 6.99. The van der Waals surface area contributed by atoms with Crippen molar-refractivity contribution in [3.05, 3.63) is 58.5 Å². The average Bonchev–Trinajstić information content (AvgIpc) is 2.82. The van der Waals surface area contributed by atoms with Crippen LogP contribution in [0, 0.1) is 13.8 Å². The molecule has 0 saturated carbocycles. The number of amides is 1. The second kappa shape index (κ2) is 6.47. The van der Waals surface area contributed by atoms with Crippen molar-refractivity contribution in [1.82, 2.24) is 4.90 Å². The minimum atomic E-state index is -1.03. The van der Waals surface area contributed by atoms with Crippen LogP contribution in [0.2, 0.25) is 0 Å². The molecule has 0 spiro atoms. The van der Waals surface area contributed by atoms with E-state index in [9.17, 15) is 9.59 Å². The van der Waals surface area contributed by atoms with Crippen LogP contribution in [0.3, 0.4) is 0 Å². The van der Waals surface area contributed by atoms with Gasteiger partial charge in [-0.05, 0) is 25.5 Å². The van der Waals surface area contributed by atoms with Crippen LogP contribution in [-0.2, 0) is 17.8 Å². The Morgan fingerprint density at radius 2 is 1.82 bits per heavy atom. The number of furan rings is 1. The van der Waals surface area contributed by atoms with E-state index in [4.69, 9.17) is 9.52 Å². The van der Waals surface area contributed by atoms with Crippen LogP contribution in [0.4, 0.5) is 0 Å². The smallest absolute Gasteiger partial charge is 0.339 e. The first-order chi connectivity index (χ1) is 10.4. The molecule has 2 aromatic rings. The summed E-state index contributed by atoms with van der Waals surface area (Å²) in [5, 5.41) is 9.00. The molecule has 1 aromatic carbocycles. The highest BCUT2D eigenvalue weighted by atomic mass is 16.4. The zero-order valence-electron chi connectivity index (χ0n) is 12.9. The standard InChI is InChI=1S/C17H19NO4/c1-11-4-6-13(7-5-11)8-16(19)18(3)10-14-9-15(17(20)21)12(2)22-14/h4-7,9H,8,10H2,1-3H3,(H,20,21). The second-order valence-electron chi connectivity index (χ2n) is 5.40. The number of carbonyl (C=O) groups excluding carboxylic acids is 1. The van der Waals surface area contributed by atoms with E-state index < -0.39 is 5.97 Å². The Balaban J connectivity index is 2.00. The summed E-state index contributed by atoms with van der Waals surface area (Å²) in [5.74, 6) is -0.257. The van der Waals surface area contributed by atoms with E-state index in [-0.39, 0.29) is 18.0 Å². The number of carbonyl (C=O) groups is 2. The van der Waals surface area contributed by atoms with Gasteiger partial charge in [0.2, 0.25) is 5.91 Å². The highest BCUT2D eigenvalue weighted by Gasteiger charge is 2.17. The summed E-state index contributed by atoms with van der Waals surface area (Å²) in [6.45, 7) is 3.84. The maximum absolute atomic E-state index is 12.2. The predicted molar refractivity (Wildman–Crippen MR) is 81.8 cm³/mol. The highest BCUT2D eigenvalue weighted by molar-refractivity contribution is 5.88. The summed E-state index contributed by atoms with van der Waals surface area (Å²) in [6.07, 6.45) is 0.308. The summed E-state index contributed by atoms with van der Waals surface area (Å²) in [7, 11) is 1.68. The van der Waals surface area contributed by atoms with Gasteiger partial charge in [-0.3, -0.25) is 4.79 Å². The van der Waals surface area contributed by atoms with Gasteiger partial charge in [-0.2, -0.15) is 0 Å². The van der Waals surface area contributed by atoms with E-state index in [0.29, 0.717) is 17.9 Å². The zero-order valence-corrected chi connectivity index (χ0v) is 12.9. The van der Waals surface area contributed by atoms with Crippen molar-refractivity contribution in [2.24, 2.45) is 0 Å². The van der Waals surface area contributed by atoms with E-state index in [0.717, 1.165) is 11.1 Å².